The summed E-state index contributed by atoms with van der Waals surface area (Å²) in [5.74, 6) is 0.119. The maximum Gasteiger partial charge on any atom is 0.269 e. The smallest absolute Gasteiger partial charge is 0.269 e. The van der Waals surface area contributed by atoms with Gasteiger partial charge in [0.15, 0.2) is 10.7 Å². The van der Waals surface area contributed by atoms with Crippen LogP contribution >= 0.6 is 62.7 Å². The number of hydrogen-bond acceptors (Lipinski definition) is 5. The van der Waals surface area contributed by atoms with E-state index >= 15 is 0 Å². The van der Waals surface area contributed by atoms with E-state index in [4.69, 9.17) is 39.8 Å². The van der Waals surface area contributed by atoms with Gasteiger partial charge in [0, 0.05) is 30.8 Å². The average Bonchev–Trinajstić information content (AvgIpc) is 3.34. The van der Waals surface area contributed by atoms with E-state index in [0.717, 1.165) is 20.1 Å². The monoisotopic (exact) mass is 575 g/mol. The maximum atomic E-state index is 12.7. The van der Waals surface area contributed by atoms with Crippen LogP contribution in [0.2, 0.25) is 10.0 Å². The van der Waals surface area contributed by atoms with Gasteiger partial charge < -0.3 is 9.73 Å². The standard InChI is InChI=1S/C23H12BrCl2N3O2S2/c24-12-3-1-2-11(8-12)22-28-16-10-14(5-7-17(16)31-22)27-23(32)29-21(30)20-19(26)15-6-4-13(25)9-18(15)33-20/h1-10H,(H2,27,29,30,32). The Morgan fingerprint density at radius 3 is 2.76 bits per heavy atom. The number of thiophene rings is 1. The quantitative estimate of drug-likeness (QED) is 0.214. The fourth-order valence-corrected chi connectivity index (χ4v) is 5.56. The Labute approximate surface area is 215 Å². The number of halogens is 3. The van der Waals surface area contributed by atoms with Gasteiger partial charge in [0.2, 0.25) is 5.89 Å². The number of nitrogens with zero attached hydrogens (tertiary/aromatic N) is 1. The molecule has 2 heterocycles. The van der Waals surface area contributed by atoms with E-state index < -0.39 is 5.91 Å². The van der Waals surface area contributed by atoms with Crippen molar-refractivity contribution < 1.29 is 9.21 Å². The highest BCUT2D eigenvalue weighted by molar-refractivity contribution is 9.10. The van der Waals surface area contributed by atoms with Gasteiger partial charge in [0.05, 0.1) is 5.02 Å². The van der Waals surface area contributed by atoms with E-state index in [1.807, 2.05) is 24.3 Å². The van der Waals surface area contributed by atoms with Crippen molar-refractivity contribution in [2.75, 3.05) is 5.32 Å². The first kappa shape index (κ1) is 22.3. The van der Waals surface area contributed by atoms with Gasteiger partial charge in [-0.2, -0.15) is 0 Å². The first-order valence-electron chi connectivity index (χ1n) is 9.54. The molecular weight excluding hydrogens is 565 g/mol. The summed E-state index contributed by atoms with van der Waals surface area (Å²) in [4.78, 5) is 17.7. The summed E-state index contributed by atoms with van der Waals surface area (Å²) in [7, 11) is 0. The zero-order valence-electron chi connectivity index (χ0n) is 16.5. The number of thiocarbonyl (C=S) groups is 1. The minimum atomic E-state index is -0.394. The number of anilines is 1. The lowest BCUT2D eigenvalue weighted by molar-refractivity contribution is 0.0982. The molecule has 0 aliphatic carbocycles. The van der Waals surface area contributed by atoms with Crippen LogP contribution in [0.3, 0.4) is 0 Å². The van der Waals surface area contributed by atoms with E-state index in [9.17, 15) is 4.79 Å². The first-order valence-corrected chi connectivity index (χ1v) is 12.3. The Morgan fingerprint density at radius 1 is 1.09 bits per heavy atom. The van der Waals surface area contributed by atoms with E-state index in [1.165, 1.54) is 11.3 Å². The molecule has 5 aromatic rings. The molecule has 2 aromatic heterocycles. The van der Waals surface area contributed by atoms with Gasteiger partial charge in [-0.05, 0) is 60.7 Å². The topological polar surface area (TPSA) is 67.2 Å². The van der Waals surface area contributed by atoms with Gasteiger partial charge in [0.25, 0.3) is 5.91 Å². The van der Waals surface area contributed by atoms with Crippen LogP contribution in [0, 0.1) is 0 Å². The largest absolute Gasteiger partial charge is 0.436 e. The molecule has 0 saturated carbocycles. The number of rotatable bonds is 3. The molecule has 0 fully saturated rings. The first-order chi connectivity index (χ1) is 15.9. The summed E-state index contributed by atoms with van der Waals surface area (Å²) >= 11 is 22.5. The third-order valence-electron chi connectivity index (χ3n) is 4.74. The van der Waals surface area contributed by atoms with Crippen molar-refractivity contribution in [3.63, 3.8) is 0 Å². The van der Waals surface area contributed by atoms with Crippen molar-refractivity contribution in [2.24, 2.45) is 0 Å². The molecular formula is C23H12BrCl2N3O2S2. The number of benzene rings is 3. The van der Waals surface area contributed by atoms with E-state index in [0.29, 0.717) is 37.6 Å². The Bertz CT molecular complexity index is 1560. The Hall–Kier alpha value is -2.49. The van der Waals surface area contributed by atoms with E-state index in [1.54, 1.807) is 36.4 Å². The molecule has 5 nitrogen and oxygen atoms in total. The SMILES string of the molecule is O=C(NC(=S)Nc1ccc2oc(-c3cccc(Br)c3)nc2c1)c1sc2cc(Cl)ccc2c1Cl. The van der Waals surface area contributed by atoms with Crippen molar-refractivity contribution in [3.8, 4) is 11.5 Å². The number of nitrogens with one attached hydrogen (secondary N) is 2. The highest BCUT2D eigenvalue weighted by atomic mass is 79.9. The van der Waals surface area contributed by atoms with Crippen LogP contribution in [-0.4, -0.2) is 16.0 Å². The highest BCUT2D eigenvalue weighted by Gasteiger charge is 2.18. The van der Waals surface area contributed by atoms with Gasteiger partial charge in [-0.1, -0.05) is 51.3 Å². The van der Waals surface area contributed by atoms with Crippen LogP contribution in [-0.2, 0) is 0 Å². The van der Waals surface area contributed by atoms with E-state index in [-0.39, 0.29) is 5.11 Å². The summed E-state index contributed by atoms with van der Waals surface area (Å²) in [6.07, 6.45) is 0. The van der Waals surface area contributed by atoms with Crippen LogP contribution < -0.4 is 10.6 Å². The van der Waals surface area contributed by atoms with Crippen LogP contribution in [0.25, 0.3) is 32.6 Å². The Morgan fingerprint density at radius 2 is 1.94 bits per heavy atom. The number of hydrogen-bond donors (Lipinski definition) is 2. The third kappa shape index (κ3) is 4.62. The second-order valence-corrected chi connectivity index (χ2v) is 10.2. The number of carbonyl (C=O) groups is 1. The van der Waals surface area contributed by atoms with E-state index in [2.05, 4.69) is 31.5 Å². The summed E-state index contributed by atoms with van der Waals surface area (Å²) in [6, 6.07) is 18.4. The number of carbonyl (C=O) groups excluding carboxylic acids is 1. The van der Waals surface area contributed by atoms with Gasteiger partial charge in [0.1, 0.15) is 10.4 Å². The number of oxazole rings is 1. The van der Waals surface area contributed by atoms with Crippen LogP contribution in [0.15, 0.2) is 69.6 Å². The lowest BCUT2D eigenvalue weighted by atomic mass is 10.2. The summed E-state index contributed by atoms with van der Waals surface area (Å²) in [6.45, 7) is 0. The molecule has 0 spiro atoms. The zero-order chi connectivity index (χ0) is 23.1. The Balaban J connectivity index is 1.33. The van der Waals surface area contributed by atoms with Crippen LogP contribution in [0.4, 0.5) is 5.69 Å². The van der Waals surface area contributed by atoms with Gasteiger partial charge >= 0.3 is 0 Å². The molecule has 0 aliphatic heterocycles. The van der Waals surface area contributed by atoms with Crippen molar-refractivity contribution >= 4 is 101 Å². The number of fused-ring (bicyclic) bond motifs is 2. The fourth-order valence-electron chi connectivity index (χ4n) is 3.26. The molecule has 0 radical (unpaired) electrons. The lowest BCUT2D eigenvalue weighted by Crippen LogP contribution is -2.33. The predicted octanol–water partition coefficient (Wildman–Crippen LogP) is 7.91. The fraction of sp³-hybridized carbons (Fsp3) is 0. The normalized spacial score (nSPS) is 11.1. The molecule has 1 amide bonds. The third-order valence-corrected chi connectivity index (χ3v) is 7.33. The molecule has 5 rings (SSSR count). The second kappa shape index (κ2) is 9.04. The molecule has 0 saturated heterocycles. The molecule has 164 valence electrons. The second-order valence-electron chi connectivity index (χ2n) is 7.01. The van der Waals surface area contributed by atoms with Crippen molar-refractivity contribution in [1.29, 1.82) is 0 Å². The molecule has 0 bridgehead atoms. The molecule has 3 aromatic carbocycles. The van der Waals surface area contributed by atoms with Gasteiger partial charge in [-0.3, -0.25) is 10.1 Å². The molecule has 0 unspecified atom stereocenters. The molecule has 10 heteroatoms. The highest BCUT2D eigenvalue weighted by Crippen LogP contribution is 2.36. The van der Waals surface area contributed by atoms with Crippen LogP contribution in [0.1, 0.15) is 9.67 Å². The van der Waals surface area contributed by atoms with Crippen molar-refractivity contribution in [2.45, 2.75) is 0 Å². The zero-order valence-corrected chi connectivity index (χ0v) is 21.2. The van der Waals surface area contributed by atoms with Crippen molar-refractivity contribution in [3.05, 3.63) is 80.1 Å². The van der Waals surface area contributed by atoms with Gasteiger partial charge in [-0.15, -0.1) is 11.3 Å². The van der Waals surface area contributed by atoms with Crippen molar-refractivity contribution in [1.82, 2.24) is 10.3 Å². The number of aromatic nitrogens is 1. The summed E-state index contributed by atoms with van der Waals surface area (Å²) in [5, 5.41) is 7.54. The average molecular weight is 577 g/mol. The number of amides is 1. The maximum absolute atomic E-state index is 12.7. The molecule has 2 N–H and O–H groups in total. The minimum Gasteiger partial charge on any atom is -0.436 e. The summed E-state index contributed by atoms with van der Waals surface area (Å²) < 4.78 is 7.62. The lowest BCUT2D eigenvalue weighted by Gasteiger charge is -2.08. The molecule has 0 aliphatic rings. The predicted molar refractivity (Wildman–Crippen MR) is 143 cm³/mol. The van der Waals surface area contributed by atoms with Crippen LogP contribution in [0.5, 0.6) is 0 Å². The van der Waals surface area contributed by atoms with Gasteiger partial charge in [-0.25, -0.2) is 4.98 Å². The molecule has 33 heavy (non-hydrogen) atoms. The molecule has 0 atom stereocenters. The Kier molecular flexibility index (Phi) is 6.11. The summed E-state index contributed by atoms with van der Waals surface area (Å²) in [5.41, 5.74) is 2.82. The minimum absolute atomic E-state index is 0.140.